The molecule has 0 aliphatic carbocycles. The first-order valence-electron chi connectivity index (χ1n) is 6.79. The van der Waals surface area contributed by atoms with Gasteiger partial charge in [0.1, 0.15) is 5.75 Å². The Kier molecular flexibility index (Phi) is 20.1. The summed E-state index contributed by atoms with van der Waals surface area (Å²) in [4.78, 5) is 11.0. The molecule has 0 amide bonds. The third kappa shape index (κ3) is 9.79. The molecular formula is C14H20I5O3V2. The molecule has 1 N–H and O–H groups in total. The van der Waals surface area contributed by atoms with E-state index in [4.69, 9.17) is 4.74 Å². The van der Waals surface area contributed by atoms with Gasteiger partial charge in [0.05, 0.1) is 0 Å². The molecule has 0 aromatic heterocycles. The Labute approximate surface area is 211 Å². The van der Waals surface area contributed by atoms with Crippen LogP contribution in [0.1, 0.15) is 47.8 Å². The zero-order chi connectivity index (χ0) is 19.6. The summed E-state index contributed by atoms with van der Waals surface area (Å²) < 4.78 is 5.08. The van der Waals surface area contributed by atoms with E-state index in [0.29, 0.717) is 20.8 Å². The first-order chi connectivity index (χ1) is 11.1. The predicted molar refractivity (Wildman–Crippen MR) is 137 cm³/mol. The van der Waals surface area contributed by atoms with Crippen molar-refractivity contribution in [3.63, 3.8) is 0 Å². The molecule has 0 saturated carbocycles. The van der Waals surface area contributed by atoms with Crippen LogP contribution in [0.4, 0.5) is 0 Å². The van der Waals surface area contributed by atoms with E-state index in [1.807, 2.05) is 41.5 Å². The van der Waals surface area contributed by atoms with Crippen LogP contribution in [0.25, 0.3) is 0 Å². The third-order valence-corrected chi connectivity index (χ3v) is 3.38. The zero-order valence-corrected chi connectivity index (χ0v) is 27.7. The van der Waals surface area contributed by atoms with Gasteiger partial charge in [-0.3, -0.25) is 0 Å². The van der Waals surface area contributed by atoms with Gasteiger partial charge in [-0.15, -0.1) is 0 Å². The maximum atomic E-state index is 11.3. The molecule has 0 radical (unpaired) electrons. The van der Waals surface area contributed by atoms with E-state index < -0.39 is 12.1 Å². The number of rotatable bonds is 0. The number of aliphatic hydroxyl groups excluding tert-OH is 1. The number of aliphatic hydroxyl groups is 1. The fourth-order valence-corrected chi connectivity index (χ4v) is 2.04. The Hall–Kier alpha value is 3.47. The number of hydrogen-bond acceptors (Lipinski definition) is 3. The van der Waals surface area contributed by atoms with Crippen LogP contribution in [0.5, 0.6) is 5.75 Å². The average Bonchev–Trinajstić information content (AvgIpc) is 2.81. The molecule has 24 heavy (non-hydrogen) atoms. The molecule has 10 heteroatoms. The van der Waals surface area contributed by atoms with E-state index in [1.165, 1.54) is 0 Å². The molecular weight excluding hydrogens is 953 g/mol. The van der Waals surface area contributed by atoms with Crippen LogP contribution in [0, 0.1) is 27.7 Å². The van der Waals surface area contributed by atoms with Crippen LogP contribution >= 0.6 is 99.9 Å². The number of halogens is 5. The molecule has 1 heterocycles. The Morgan fingerprint density at radius 3 is 1.67 bits per heavy atom. The van der Waals surface area contributed by atoms with Gasteiger partial charge in [-0.1, -0.05) is 13.8 Å². The number of hydrogen-bond donors (Lipinski definition) is 1. The van der Waals surface area contributed by atoms with Crippen molar-refractivity contribution >= 4 is 106 Å². The molecule has 1 unspecified atom stereocenters. The van der Waals surface area contributed by atoms with Gasteiger partial charge in [-0.25, -0.2) is 4.79 Å². The molecule has 1 aromatic carbocycles. The average molecular weight is 973 g/mol. The summed E-state index contributed by atoms with van der Waals surface area (Å²) in [5, 5.41) is 9.70. The molecule has 0 fully saturated rings. The van der Waals surface area contributed by atoms with Gasteiger partial charge in [0.2, 0.25) is 0 Å². The summed E-state index contributed by atoms with van der Waals surface area (Å²) in [7, 11) is 0.628. The van der Waals surface area contributed by atoms with Crippen molar-refractivity contribution in [3.8, 4) is 5.75 Å². The Bertz CT molecular complexity index is 539. The predicted octanol–water partition coefficient (Wildman–Crippen LogP) is 7.32. The van der Waals surface area contributed by atoms with Gasteiger partial charge in [0.15, 0.2) is 6.10 Å². The van der Waals surface area contributed by atoms with Crippen LogP contribution in [0.3, 0.4) is 0 Å². The van der Waals surface area contributed by atoms with Gasteiger partial charge in [0, 0.05) is 5.56 Å². The van der Waals surface area contributed by atoms with Crippen molar-refractivity contribution in [2.45, 2.75) is 47.6 Å². The van der Waals surface area contributed by atoms with Crippen LogP contribution in [0.15, 0.2) is 0 Å². The number of benzene rings is 1. The molecule has 0 saturated heterocycles. The summed E-state index contributed by atoms with van der Waals surface area (Å²) in [6.07, 6.45) is -1.11. The minimum atomic E-state index is -1.11. The van der Waals surface area contributed by atoms with Gasteiger partial charge < -0.3 is 9.84 Å². The molecule has 1 aliphatic rings. The Morgan fingerprint density at radius 2 is 1.29 bits per heavy atom. The molecule has 2 rings (SSSR count). The molecule has 139 valence electrons. The van der Waals surface area contributed by atoms with Gasteiger partial charge in [0.25, 0.3) is 0 Å². The molecule has 0 bridgehead atoms. The first kappa shape index (κ1) is 29.7. The van der Waals surface area contributed by atoms with Gasteiger partial charge in [-0.05, 0) is 49.9 Å². The van der Waals surface area contributed by atoms with E-state index in [1.54, 1.807) is 0 Å². The Morgan fingerprint density at radius 1 is 0.958 bits per heavy atom. The topological polar surface area (TPSA) is 46.5 Å². The van der Waals surface area contributed by atoms with Crippen LogP contribution in [-0.2, 0) is 19.2 Å². The van der Waals surface area contributed by atoms with Crippen molar-refractivity contribution in [1.82, 2.24) is 0 Å². The molecule has 0 spiro atoms. The number of fused-ring (bicyclic) bond motifs is 1. The number of carbonyl (C=O) groups is 1. The fourth-order valence-electron chi connectivity index (χ4n) is 2.04. The van der Waals surface area contributed by atoms with E-state index >= 15 is 0 Å². The van der Waals surface area contributed by atoms with Crippen LogP contribution in [-0.4, -0.2) is 11.1 Å². The second-order valence-electron chi connectivity index (χ2n) is 4.32. The quantitative estimate of drug-likeness (QED) is 0.169. The van der Waals surface area contributed by atoms with Gasteiger partial charge in [-0.2, -0.15) is 0 Å². The van der Waals surface area contributed by atoms with E-state index in [2.05, 4.69) is 99.9 Å². The summed E-state index contributed by atoms with van der Waals surface area (Å²) in [5.41, 5.74) is 4.77. The van der Waals surface area contributed by atoms with E-state index in [0.717, 1.165) is 22.3 Å². The van der Waals surface area contributed by atoms with E-state index in [9.17, 15) is 9.90 Å². The molecule has 1 aliphatic heterocycles. The zero-order valence-electron chi connectivity index (χ0n) is 14.1. The summed E-state index contributed by atoms with van der Waals surface area (Å²) in [6.45, 7) is 11.8. The van der Waals surface area contributed by atoms with E-state index in [-0.39, 0.29) is 4.92 Å². The standard InChI is InChI=1S/C12H14O3.C2H6.5HI.2V/c1-5-6(2)8(4)11-9(7(5)3)10(13)12(14)15-11;1-2;;;;;;;/h10,13H,1-4H3;1-2H3;5*1H;;/q;;;;;;;+2;+3/p-5. The van der Waals surface area contributed by atoms with Gasteiger partial charge >= 0.3 is 120 Å². The Balaban J connectivity index is 0. The monoisotopic (exact) mass is 973 g/mol. The van der Waals surface area contributed by atoms with Crippen LogP contribution in [0.2, 0.25) is 0 Å². The summed E-state index contributed by atoms with van der Waals surface area (Å²) >= 11 is 12.1. The maximum absolute atomic E-state index is 11.3. The number of ether oxygens (including phenoxy) is 1. The summed E-state index contributed by atoms with van der Waals surface area (Å²) in [6, 6.07) is 0. The molecule has 1 aromatic rings. The number of esters is 1. The SMILES string of the molecule is CC.Cc1c(C)c(C)c2c(c1C)OC(=O)C2O.[I][V]([I])[I].[I][V][I]. The second kappa shape index (κ2) is 16.3. The normalized spacial score (nSPS) is 14.2. The first-order valence-corrected chi connectivity index (χ1v) is 29.3. The van der Waals surface area contributed by atoms with Crippen molar-refractivity contribution in [3.05, 3.63) is 27.8 Å². The number of carbonyl (C=O) groups excluding carboxylic acids is 1. The van der Waals surface area contributed by atoms with Crippen molar-refractivity contribution in [1.29, 1.82) is 0 Å². The van der Waals surface area contributed by atoms with Crippen molar-refractivity contribution in [2.24, 2.45) is 0 Å². The fraction of sp³-hybridized carbons (Fsp3) is 0.500. The summed E-state index contributed by atoms with van der Waals surface area (Å²) in [5.74, 6) is -0.0192. The molecule has 1 atom stereocenters. The van der Waals surface area contributed by atoms with Crippen molar-refractivity contribution < 1.29 is 29.0 Å². The molecule has 3 nitrogen and oxygen atoms in total. The second-order valence-corrected chi connectivity index (χ2v) is 51.5. The van der Waals surface area contributed by atoms with Crippen LogP contribution < -0.4 is 4.74 Å². The van der Waals surface area contributed by atoms with Crippen molar-refractivity contribution in [2.75, 3.05) is 0 Å². The third-order valence-electron chi connectivity index (χ3n) is 3.38. The minimum absolute atomic E-state index is 0.278.